The summed E-state index contributed by atoms with van der Waals surface area (Å²) in [6, 6.07) is 11.8. The minimum atomic E-state index is -0.189. The van der Waals surface area contributed by atoms with Gasteiger partial charge in [-0.15, -0.1) is 0 Å². The van der Waals surface area contributed by atoms with Gasteiger partial charge in [0.25, 0.3) is 5.91 Å². The quantitative estimate of drug-likeness (QED) is 0.672. The second kappa shape index (κ2) is 6.56. The smallest absolute Gasteiger partial charge is 0.267 e. The summed E-state index contributed by atoms with van der Waals surface area (Å²) in [5.41, 5.74) is 9.79. The van der Waals surface area contributed by atoms with Crippen LogP contribution in [0.2, 0.25) is 0 Å². The van der Waals surface area contributed by atoms with Gasteiger partial charge in [0.2, 0.25) is 0 Å². The Labute approximate surface area is 132 Å². The van der Waals surface area contributed by atoms with Gasteiger partial charge in [0, 0.05) is 5.56 Å². The summed E-state index contributed by atoms with van der Waals surface area (Å²) in [6.07, 6.45) is 0. The summed E-state index contributed by atoms with van der Waals surface area (Å²) < 4.78 is 0. The normalized spacial score (nSPS) is 11.4. The molecule has 2 rings (SSSR count). The van der Waals surface area contributed by atoms with Gasteiger partial charge in [0.1, 0.15) is 0 Å². The highest BCUT2D eigenvalue weighted by molar-refractivity contribution is 6.01. The Morgan fingerprint density at radius 2 is 1.32 bits per heavy atom. The highest BCUT2D eigenvalue weighted by Crippen LogP contribution is 2.11. The van der Waals surface area contributed by atoms with Crippen LogP contribution in [0.3, 0.4) is 0 Å². The van der Waals surface area contributed by atoms with Crippen LogP contribution in [0, 0.1) is 27.7 Å². The van der Waals surface area contributed by atoms with Crippen molar-refractivity contribution in [3.8, 4) is 0 Å². The van der Waals surface area contributed by atoms with Crippen molar-refractivity contribution in [2.45, 2.75) is 34.6 Å². The van der Waals surface area contributed by atoms with Crippen LogP contribution in [-0.2, 0) is 0 Å². The highest BCUT2D eigenvalue weighted by Gasteiger charge is 2.06. The fourth-order valence-electron chi connectivity index (χ4n) is 2.11. The summed E-state index contributed by atoms with van der Waals surface area (Å²) in [7, 11) is 0. The minimum Gasteiger partial charge on any atom is -0.267 e. The molecule has 0 aliphatic rings. The van der Waals surface area contributed by atoms with E-state index in [4.69, 9.17) is 0 Å². The van der Waals surface area contributed by atoms with Gasteiger partial charge in [0.15, 0.2) is 0 Å². The van der Waals surface area contributed by atoms with Gasteiger partial charge in [-0.1, -0.05) is 18.2 Å². The highest BCUT2D eigenvalue weighted by atomic mass is 16.2. The lowest BCUT2D eigenvalue weighted by Crippen LogP contribution is -2.19. The number of hydrogen-bond donors (Lipinski definition) is 1. The van der Waals surface area contributed by atoms with E-state index >= 15 is 0 Å². The van der Waals surface area contributed by atoms with Crippen molar-refractivity contribution in [1.82, 2.24) is 5.43 Å². The third-order valence-corrected chi connectivity index (χ3v) is 4.02. The molecule has 0 atom stereocenters. The second-order valence-electron chi connectivity index (χ2n) is 5.74. The lowest BCUT2D eigenvalue weighted by molar-refractivity contribution is 0.0954. The Hall–Kier alpha value is -2.42. The van der Waals surface area contributed by atoms with Crippen molar-refractivity contribution in [3.05, 3.63) is 69.8 Å². The standard InChI is InChI=1S/C19H22N2O/c1-12-6-8-17(10-14(12)3)16(5)20-21-19(22)18-9-7-13(2)15(4)11-18/h6-11H,1-5H3,(H,21,22)/b20-16-. The third kappa shape index (κ3) is 3.61. The predicted molar refractivity (Wildman–Crippen MR) is 91.5 cm³/mol. The molecule has 0 radical (unpaired) electrons. The number of nitrogens with one attached hydrogen (secondary N) is 1. The van der Waals surface area contributed by atoms with E-state index in [0.29, 0.717) is 5.56 Å². The predicted octanol–water partition coefficient (Wildman–Crippen LogP) is 4.07. The number of benzene rings is 2. The number of hydrogen-bond acceptors (Lipinski definition) is 2. The van der Waals surface area contributed by atoms with Crippen LogP contribution in [0.4, 0.5) is 0 Å². The average molecular weight is 294 g/mol. The molecule has 0 spiro atoms. The molecule has 0 saturated heterocycles. The van der Waals surface area contributed by atoms with Gasteiger partial charge in [-0.3, -0.25) is 4.79 Å². The third-order valence-electron chi connectivity index (χ3n) is 4.02. The molecular formula is C19H22N2O. The SMILES string of the molecule is C/C(=N/NC(=O)c1ccc(C)c(C)c1)c1ccc(C)c(C)c1. The first-order chi connectivity index (χ1) is 10.4. The molecule has 22 heavy (non-hydrogen) atoms. The first-order valence-electron chi connectivity index (χ1n) is 7.38. The number of nitrogens with zero attached hydrogens (tertiary/aromatic N) is 1. The Kier molecular flexibility index (Phi) is 4.76. The van der Waals surface area contributed by atoms with E-state index in [0.717, 1.165) is 16.8 Å². The largest absolute Gasteiger partial charge is 0.271 e. The van der Waals surface area contributed by atoms with Gasteiger partial charge in [0.05, 0.1) is 5.71 Å². The van der Waals surface area contributed by atoms with E-state index < -0.39 is 0 Å². The van der Waals surface area contributed by atoms with Crippen LogP contribution in [0.15, 0.2) is 41.5 Å². The maximum atomic E-state index is 12.1. The first kappa shape index (κ1) is 16.0. The molecule has 1 N–H and O–H groups in total. The zero-order valence-electron chi connectivity index (χ0n) is 13.8. The summed E-state index contributed by atoms with van der Waals surface area (Å²) in [5, 5.41) is 4.21. The number of carbonyl (C=O) groups is 1. The minimum absolute atomic E-state index is 0.189. The Balaban J connectivity index is 2.14. The fourth-order valence-corrected chi connectivity index (χ4v) is 2.11. The second-order valence-corrected chi connectivity index (χ2v) is 5.74. The lowest BCUT2D eigenvalue weighted by Gasteiger charge is -2.07. The molecule has 0 aliphatic heterocycles. The van der Waals surface area contributed by atoms with E-state index in [-0.39, 0.29) is 5.91 Å². The van der Waals surface area contributed by atoms with Crippen LogP contribution in [0.25, 0.3) is 0 Å². The fraction of sp³-hybridized carbons (Fsp3) is 0.263. The molecular weight excluding hydrogens is 272 g/mol. The molecule has 114 valence electrons. The van der Waals surface area contributed by atoms with Crippen molar-refractivity contribution >= 4 is 11.6 Å². The van der Waals surface area contributed by atoms with Gasteiger partial charge in [-0.05, 0) is 80.6 Å². The topological polar surface area (TPSA) is 41.5 Å². The number of rotatable bonds is 3. The van der Waals surface area contributed by atoms with E-state index in [2.05, 4.69) is 36.5 Å². The first-order valence-corrected chi connectivity index (χ1v) is 7.38. The van der Waals surface area contributed by atoms with E-state index in [1.54, 1.807) is 0 Å². The van der Waals surface area contributed by atoms with Crippen LogP contribution >= 0.6 is 0 Å². The van der Waals surface area contributed by atoms with Crippen molar-refractivity contribution in [2.75, 3.05) is 0 Å². The molecule has 3 heteroatoms. The molecule has 0 bridgehead atoms. The zero-order valence-corrected chi connectivity index (χ0v) is 13.8. The summed E-state index contributed by atoms with van der Waals surface area (Å²) in [5.74, 6) is -0.189. The van der Waals surface area contributed by atoms with Crippen LogP contribution in [0.5, 0.6) is 0 Å². The molecule has 3 nitrogen and oxygen atoms in total. The molecule has 0 unspecified atom stereocenters. The van der Waals surface area contributed by atoms with Crippen molar-refractivity contribution in [2.24, 2.45) is 5.10 Å². The summed E-state index contributed by atoms with van der Waals surface area (Å²) >= 11 is 0. The van der Waals surface area contributed by atoms with Crippen LogP contribution in [0.1, 0.15) is 45.1 Å². The monoisotopic (exact) mass is 294 g/mol. The summed E-state index contributed by atoms with van der Waals surface area (Å²) in [4.78, 5) is 12.1. The van der Waals surface area contributed by atoms with Crippen molar-refractivity contribution < 1.29 is 4.79 Å². The van der Waals surface area contributed by atoms with Crippen LogP contribution in [-0.4, -0.2) is 11.6 Å². The Morgan fingerprint density at radius 3 is 1.86 bits per heavy atom. The van der Waals surface area contributed by atoms with Gasteiger partial charge < -0.3 is 0 Å². The van der Waals surface area contributed by atoms with Crippen molar-refractivity contribution in [1.29, 1.82) is 0 Å². The number of hydrazone groups is 1. The summed E-state index contributed by atoms with van der Waals surface area (Å²) in [6.45, 7) is 10.1. The number of amides is 1. The van der Waals surface area contributed by atoms with Crippen molar-refractivity contribution in [3.63, 3.8) is 0 Å². The lowest BCUT2D eigenvalue weighted by atomic mass is 10.0. The van der Waals surface area contributed by atoms with E-state index in [9.17, 15) is 4.79 Å². The maximum Gasteiger partial charge on any atom is 0.271 e. The average Bonchev–Trinajstić information content (AvgIpc) is 2.50. The molecule has 0 heterocycles. The Morgan fingerprint density at radius 1 is 0.818 bits per heavy atom. The molecule has 0 fully saturated rings. The molecule has 0 aliphatic carbocycles. The molecule has 1 amide bonds. The van der Waals surface area contributed by atoms with Gasteiger partial charge >= 0.3 is 0 Å². The van der Waals surface area contributed by atoms with E-state index in [1.165, 1.54) is 16.7 Å². The van der Waals surface area contributed by atoms with Gasteiger partial charge in [-0.25, -0.2) is 5.43 Å². The maximum absolute atomic E-state index is 12.1. The number of carbonyl (C=O) groups excluding carboxylic acids is 1. The zero-order chi connectivity index (χ0) is 16.3. The van der Waals surface area contributed by atoms with Crippen LogP contribution < -0.4 is 5.43 Å². The number of aryl methyl sites for hydroxylation is 4. The van der Waals surface area contributed by atoms with Gasteiger partial charge in [-0.2, -0.15) is 5.10 Å². The molecule has 0 saturated carbocycles. The molecule has 2 aromatic rings. The molecule has 0 aromatic heterocycles. The molecule has 2 aromatic carbocycles. The Bertz CT molecular complexity index is 745. The van der Waals surface area contributed by atoms with E-state index in [1.807, 2.05) is 45.0 Å².